The van der Waals surface area contributed by atoms with Gasteiger partial charge in [-0.15, -0.1) is 11.8 Å². The average molecular weight is 417 g/mol. The highest BCUT2D eigenvalue weighted by molar-refractivity contribution is 8.00. The first kappa shape index (κ1) is 20.1. The molecule has 0 aliphatic carbocycles. The summed E-state index contributed by atoms with van der Waals surface area (Å²) >= 11 is 13.4. The maximum Gasteiger partial charge on any atom is 0.312 e. The number of nitro groups is 2. The van der Waals surface area contributed by atoms with Crippen LogP contribution in [0.3, 0.4) is 0 Å². The number of halogens is 2. The maximum absolute atomic E-state index is 11.3. The molecule has 0 aliphatic heterocycles. The molecule has 0 saturated carbocycles. The molecule has 0 heterocycles. The van der Waals surface area contributed by atoms with Crippen LogP contribution in [-0.2, 0) is 0 Å². The maximum atomic E-state index is 11.3. The van der Waals surface area contributed by atoms with Crippen molar-refractivity contribution in [3.8, 4) is 0 Å². The molecule has 0 radical (unpaired) electrons. The predicted molar refractivity (Wildman–Crippen MR) is 104 cm³/mol. The highest BCUT2D eigenvalue weighted by Crippen LogP contribution is 2.38. The van der Waals surface area contributed by atoms with Crippen LogP contribution < -0.4 is 10.9 Å². The van der Waals surface area contributed by atoms with Gasteiger partial charge in [0.1, 0.15) is 16.4 Å². The minimum atomic E-state index is -0.636. The molecule has 8 nitrogen and oxygen atoms in total. The minimum Gasteiger partial charge on any atom is -0.294 e. The van der Waals surface area contributed by atoms with Gasteiger partial charge in [0.2, 0.25) is 0 Å². The van der Waals surface area contributed by atoms with Crippen LogP contribution in [0.1, 0.15) is 13.8 Å². The number of hydrazine groups is 1. The van der Waals surface area contributed by atoms with Crippen LogP contribution in [0.25, 0.3) is 0 Å². The highest BCUT2D eigenvalue weighted by Gasteiger charge is 2.21. The van der Waals surface area contributed by atoms with Crippen molar-refractivity contribution < 1.29 is 9.85 Å². The fourth-order valence-electron chi connectivity index (χ4n) is 2.07. The van der Waals surface area contributed by atoms with E-state index in [0.717, 1.165) is 0 Å². The van der Waals surface area contributed by atoms with Crippen LogP contribution in [0, 0.1) is 20.2 Å². The lowest BCUT2D eigenvalue weighted by Gasteiger charge is -2.14. The number of thioether (sulfide) groups is 1. The lowest BCUT2D eigenvalue weighted by Crippen LogP contribution is -2.12. The van der Waals surface area contributed by atoms with Crippen molar-refractivity contribution in [2.45, 2.75) is 24.0 Å². The van der Waals surface area contributed by atoms with E-state index in [0.29, 0.717) is 4.90 Å². The second-order valence-electron chi connectivity index (χ2n) is 5.37. The molecule has 2 rings (SSSR count). The first-order valence-electron chi connectivity index (χ1n) is 7.30. The van der Waals surface area contributed by atoms with Gasteiger partial charge in [-0.05, 0) is 18.2 Å². The monoisotopic (exact) mass is 416 g/mol. The van der Waals surface area contributed by atoms with Gasteiger partial charge in [0, 0.05) is 16.2 Å². The Balaban J connectivity index is 2.38. The van der Waals surface area contributed by atoms with E-state index in [2.05, 4.69) is 10.9 Å². The third-order valence-electron chi connectivity index (χ3n) is 3.11. The molecule has 11 heteroatoms. The summed E-state index contributed by atoms with van der Waals surface area (Å²) in [6, 6.07) is 7.10. The Labute approximate surface area is 163 Å². The van der Waals surface area contributed by atoms with E-state index in [-0.39, 0.29) is 38.0 Å². The number of para-hydroxylation sites is 1. The quantitative estimate of drug-likeness (QED) is 0.335. The SMILES string of the molecule is CC(C)Sc1cc(NNc2cccc(Cl)c2[N+](=O)[O-])c([N+](=O)[O-])cc1Cl. The normalized spacial score (nSPS) is 10.7. The molecule has 2 aromatic carbocycles. The van der Waals surface area contributed by atoms with Crippen LogP contribution >= 0.6 is 35.0 Å². The fourth-order valence-corrected chi connectivity index (χ4v) is 3.48. The van der Waals surface area contributed by atoms with E-state index in [4.69, 9.17) is 23.2 Å². The number of nitrogens with zero attached hydrogens (tertiary/aromatic N) is 2. The van der Waals surface area contributed by atoms with Crippen molar-refractivity contribution in [3.05, 3.63) is 60.6 Å². The molecule has 2 N–H and O–H groups in total. The van der Waals surface area contributed by atoms with Crippen molar-refractivity contribution in [1.82, 2.24) is 0 Å². The Morgan fingerprint density at radius 2 is 1.65 bits per heavy atom. The molecule has 138 valence electrons. The molecule has 0 atom stereocenters. The fraction of sp³-hybridized carbons (Fsp3) is 0.200. The van der Waals surface area contributed by atoms with Gasteiger partial charge < -0.3 is 0 Å². The number of nitro benzene ring substituents is 2. The summed E-state index contributed by atoms with van der Waals surface area (Å²) in [5.41, 5.74) is 4.86. The standard InChI is InChI=1S/C15H14Cl2N4O4S/c1-8(2)26-14-7-12(13(20(22)23)6-10(14)17)19-18-11-5-3-4-9(16)15(11)21(24)25/h3-8,18-19H,1-2H3. The van der Waals surface area contributed by atoms with Crippen molar-refractivity contribution >= 4 is 57.7 Å². The number of anilines is 2. The van der Waals surface area contributed by atoms with E-state index < -0.39 is 9.85 Å². The van der Waals surface area contributed by atoms with Crippen LogP contribution in [0.4, 0.5) is 22.7 Å². The largest absolute Gasteiger partial charge is 0.312 e. The molecule has 0 bridgehead atoms. The van der Waals surface area contributed by atoms with E-state index in [1.54, 1.807) is 0 Å². The second-order valence-corrected chi connectivity index (χ2v) is 7.80. The van der Waals surface area contributed by atoms with Gasteiger partial charge in [0.05, 0.1) is 14.9 Å². The lowest BCUT2D eigenvalue weighted by molar-refractivity contribution is -0.384. The highest BCUT2D eigenvalue weighted by atomic mass is 35.5. The summed E-state index contributed by atoms with van der Waals surface area (Å²) in [6.45, 7) is 3.92. The number of hydrogen-bond donors (Lipinski definition) is 2. The van der Waals surface area contributed by atoms with E-state index in [1.807, 2.05) is 13.8 Å². The topological polar surface area (TPSA) is 110 Å². The zero-order chi connectivity index (χ0) is 19.4. The first-order valence-corrected chi connectivity index (χ1v) is 8.93. The lowest BCUT2D eigenvalue weighted by atomic mass is 10.2. The zero-order valence-corrected chi connectivity index (χ0v) is 16.0. The summed E-state index contributed by atoms with van der Waals surface area (Å²) in [6.07, 6.45) is 0. The van der Waals surface area contributed by atoms with Crippen molar-refractivity contribution in [1.29, 1.82) is 0 Å². The van der Waals surface area contributed by atoms with Gasteiger partial charge >= 0.3 is 5.69 Å². The Morgan fingerprint density at radius 1 is 1.00 bits per heavy atom. The van der Waals surface area contributed by atoms with Crippen molar-refractivity contribution in [2.24, 2.45) is 0 Å². The summed E-state index contributed by atoms with van der Waals surface area (Å²) in [5, 5.41) is 22.9. The van der Waals surface area contributed by atoms with Gasteiger partial charge in [-0.1, -0.05) is 43.1 Å². The molecule has 0 spiro atoms. The summed E-state index contributed by atoms with van der Waals surface area (Å²) in [5.74, 6) is 0. The van der Waals surface area contributed by atoms with E-state index in [9.17, 15) is 20.2 Å². The molecular weight excluding hydrogens is 403 g/mol. The Kier molecular flexibility index (Phi) is 6.52. The molecule has 2 aromatic rings. The van der Waals surface area contributed by atoms with Crippen LogP contribution in [0.5, 0.6) is 0 Å². The summed E-state index contributed by atoms with van der Waals surface area (Å²) in [4.78, 5) is 21.9. The van der Waals surface area contributed by atoms with Crippen LogP contribution in [-0.4, -0.2) is 15.1 Å². The molecule has 26 heavy (non-hydrogen) atoms. The number of nitrogens with one attached hydrogen (secondary N) is 2. The van der Waals surface area contributed by atoms with Gasteiger partial charge in [-0.3, -0.25) is 31.1 Å². The van der Waals surface area contributed by atoms with E-state index >= 15 is 0 Å². The smallest absolute Gasteiger partial charge is 0.294 e. The van der Waals surface area contributed by atoms with Gasteiger partial charge in [-0.2, -0.15) is 0 Å². The Bertz CT molecular complexity index is 864. The van der Waals surface area contributed by atoms with Crippen LogP contribution in [0.15, 0.2) is 35.2 Å². The van der Waals surface area contributed by atoms with Gasteiger partial charge in [0.15, 0.2) is 0 Å². The third-order valence-corrected chi connectivity index (χ3v) is 4.90. The molecular formula is C15H14Cl2N4O4S. The Morgan fingerprint density at radius 3 is 2.23 bits per heavy atom. The first-order chi connectivity index (χ1) is 12.2. The number of hydrogen-bond acceptors (Lipinski definition) is 7. The summed E-state index contributed by atoms with van der Waals surface area (Å²) < 4.78 is 0. The molecule has 0 unspecified atom stereocenters. The molecule has 0 saturated heterocycles. The van der Waals surface area contributed by atoms with E-state index in [1.165, 1.54) is 42.1 Å². The van der Waals surface area contributed by atoms with Crippen molar-refractivity contribution in [3.63, 3.8) is 0 Å². The van der Waals surface area contributed by atoms with Gasteiger partial charge in [-0.25, -0.2) is 0 Å². The second kappa shape index (κ2) is 8.43. The molecule has 0 amide bonds. The van der Waals surface area contributed by atoms with Crippen molar-refractivity contribution in [2.75, 3.05) is 10.9 Å². The molecule has 0 aromatic heterocycles. The third kappa shape index (κ3) is 4.69. The van der Waals surface area contributed by atoms with Crippen LogP contribution in [0.2, 0.25) is 10.0 Å². The molecule has 0 aliphatic rings. The molecule has 0 fully saturated rings. The summed E-state index contributed by atoms with van der Waals surface area (Å²) in [7, 11) is 0. The number of rotatable bonds is 7. The zero-order valence-electron chi connectivity index (χ0n) is 13.7. The minimum absolute atomic E-state index is 0.0524. The average Bonchev–Trinajstić information content (AvgIpc) is 2.54. The van der Waals surface area contributed by atoms with Gasteiger partial charge in [0.25, 0.3) is 5.69 Å². The Hall–Kier alpha value is -2.23. The number of benzene rings is 2. The predicted octanol–water partition coefficient (Wildman–Crippen LogP) is 5.75.